The van der Waals surface area contributed by atoms with Crippen LogP contribution in [-0.2, 0) is 11.2 Å². The molecular weight excluding hydrogens is 186 g/mol. The van der Waals surface area contributed by atoms with Gasteiger partial charge in [-0.05, 0) is 12.2 Å². The third kappa shape index (κ3) is 1.94. The lowest BCUT2D eigenvalue weighted by atomic mass is 10.1. The zero-order chi connectivity index (χ0) is 9.10. The minimum atomic E-state index is 0.364. The first kappa shape index (κ1) is 8.81. The highest BCUT2D eigenvalue weighted by Gasteiger charge is 2.21. The van der Waals surface area contributed by atoms with E-state index in [-0.39, 0.29) is 0 Å². The lowest BCUT2D eigenvalue weighted by molar-refractivity contribution is -0.107. The van der Waals surface area contributed by atoms with Crippen LogP contribution in [-0.4, -0.2) is 22.8 Å². The van der Waals surface area contributed by atoms with Crippen molar-refractivity contribution in [3.63, 3.8) is 0 Å². The highest BCUT2D eigenvalue weighted by atomic mass is 32.2. The summed E-state index contributed by atoms with van der Waals surface area (Å²) in [7, 11) is 0. The third-order valence-electron chi connectivity index (χ3n) is 2.14. The van der Waals surface area contributed by atoms with E-state index in [4.69, 9.17) is 4.42 Å². The smallest absolute Gasteiger partial charge is 0.198 e. The Morgan fingerprint density at radius 2 is 2.69 bits per heavy atom. The van der Waals surface area contributed by atoms with Crippen molar-refractivity contribution < 1.29 is 9.21 Å². The largest absolute Gasteiger partial charge is 0.448 e. The summed E-state index contributed by atoms with van der Waals surface area (Å²) in [6, 6.07) is 0. The fraction of sp³-hybridized carbons (Fsp3) is 0.556. The number of rotatable bonds is 3. The standard InChI is InChI=1S/C9H11NO2S/c11-3-1-8-5-12-9(10-8)7-2-4-13-6-7/h3,5,7H,1-2,4,6H2. The van der Waals surface area contributed by atoms with Crippen molar-refractivity contribution in [1.29, 1.82) is 0 Å². The summed E-state index contributed by atoms with van der Waals surface area (Å²) >= 11 is 1.93. The Hall–Kier alpha value is -0.770. The zero-order valence-corrected chi connectivity index (χ0v) is 8.05. The van der Waals surface area contributed by atoms with E-state index in [0.717, 1.165) is 30.0 Å². The van der Waals surface area contributed by atoms with Crippen molar-refractivity contribution in [3.8, 4) is 0 Å². The van der Waals surface area contributed by atoms with Gasteiger partial charge in [0.15, 0.2) is 5.89 Å². The predicted molar refractivity (Wildman–Crippen MR) is 51.0 cm³/mol. The van der Waals surface area contributed by atoms with Gasteiger partial charge < -0.3 is 9.21 Å². The molecule has 0 aliphatic carbocycles. The summed E-state index contributed by atoms with van der Waals surface area (Å²) in [5, 5.41) is 0. The molecule has 1 aromatic rings. The molecule has 70 valence electrons. The molecule has 1 atom stereocenters. The van der Waals surface area contributed by atoms with Crippen molar-refractivity contribution in [2.24, 2.45) is 0 Å². The average molecular weight is 197 g/mol. The lowest BCUT2D eigenvalue weighted by Crippen LogP contribution is -1.97. The first-order valence-electron chi connectivity index (χ1n) is 4.36. The van der Waals surface area contributed by atoms with Gasteiger partial charge in [-0.1, -0.05) is 0 Å². The summed E-state index contributed by atoms with van der Waals surface area (Å²) in [4.78, 5) is 14.5. The number of aldehydes is 1. The molecule has 0 radical (unpaired) electrons. The first-order valence-corrected chi connectivity index (χ1v) is 5.51. The molecule has 0 bridgehead atoms. The van der Waals surface area contributed by atoms with Crippen molar-refractivity contribution in [2.75, 3.05) is 11.5 Å². The van der Waals surface area contributed by atoms with E-state index < -0.39 is 0 Å². The van der Waals surface area contributed by atoms with Gasteiger partial charge in [0, 0.05) is 18.1 Å². The van der Waals surface area contributed by atoms with Gasteiger partial charge in [-0.25, -0.2) is 4.98 Å². The Morgan fingerprint density at radius 3 is 3.38 bits per heavy atom. The van der Waals surface area contributed by atoms with Crippen LogP contribution in [0.3, 0.4) is 0 Å². The molecule has 2 heterocycles. The van der Waals surface area contributed by atoms with Crippen molar-refractivity contribution in [3.05, 3.63) is 17.8 Å². The normalized spacial score (nSPS) is 22.0. The van der Waals surface area contributed by atoms with Gasteiger partial charge >= 0.3 is 0 Å². The molecule has 1 aliphatic heterocycles. The van der Waals surface area contributed by atoms with E-state index in [9.17, 15) is 4.79 Å². The van der Waals surface area contributed by atoms with Crippen molar-refractivity contribution in [1.82, 2.24) is 4.98 Å². The second kappa shape index (κ2) is 3.96. The molecule has 1 aromatic heterocycles. The Kier molecular flexibility index (Phi) is 2.68. The number of hydrogen-bond acceptors (Lipinski definition) is 4. The zero-order valence-electron chi connectivity index (χ0n) is 7.23. The van der Waals surface area contributed by atoms with E-state index in [1.54, 1.807) is 6.26 Å². The first-order chi connectivity index (χ1) is 6.40. The topological polar surface area (TPSA) is 43.1 Å². The molecule has 13 heavy (non-hydrogen) atoms. The van der Waals surface area contributed by atoms with Crippen LogP contribution in [0.2, 0.25) is 0 Å². The molecule has 1 fully saturated rings. The van der Waals surface area contributed by atoms with E-state index >= 15 is 0 Å². The molecule has 2 rings (SSSR count). The van der Waals surface area contributed by atoms with Crippen LogP contribution in [0, 0.1) is 0 Å². The van der Waals surface area contributed by atoms with Crippen molar-refractivity contribution in [2.45, 2.75) is 18.8 Å². The molecule has 0 aromatic carbocycles. The van der Waals surface area contributed by atoms with Gasteiger partial charge in [0.1, 0.15) is 12.5 Å². The van der Waals surface area contributed by atoms with Crippen LogP contribution in [0.15, 0.2) is 10.7 Å². The van der Waals surface area contributed by atoms with Crippen LogP contribution in [0.1, 0.15) is 23.9 Å². The fourth-order valence-electron chi connectivity index (χ4n) is 1.42. The van der Waals surface area contributed by atoms with Crippen LogP contribution in [0.5, 0.6) is 0 Å². The predicted octanol–water partition coefficient (Wildman–Crippen LogP) is 1.64. The summed E-state index contributed by atoms with van der Waals surface area (Å²) in [5.74, 6) is 3.56. The van der Waals surface area contributed by atoms with Crippen molar-refractivity contribution >= 4 is 18.0 Å². The minimum Gasteiger partial charge on any atom is -0.448 e. The van der Waals surface area contributed by atoms with E-state index in [1.807, 2.05) is 11.8 Å². The molecule has 0 N–H and O–H groups in total. The van der Waals surface area contributed by atoms with Gasteiger partial charge in [0.05, 0.1) is 5.69 Å². The quantitative estimate of drug-likeness (QED) is 0.691. The lowest BCUT2D eigenvalue weighted by Gasteiger charge is -1.99. The number of carbonyl (C=O) groups excluding carboxylic acids is 1. The summed E-state index contributed by atoms with van der Waals surface area (Å²) in [6.45, 7) is 0. The third-order valence-corrected chi connectivity index (χ3v) is 3.30. The van der Waals surface area contributed by atoms with E-state index in [1.165, 1.54) is 5.75 Å². The molecule has 1 unspecified atom stereocenters. The van der Waals surface area contributed by atoms with E-state index in [2.05, 4.69) is 4.98 Å². The molecule has 0 spiro atoms. The number of aromatic nitrogens is 1. The Labute approximate surface area is 80.9 Å². The van der Waals surface area contributed by atoms with Gasteiger partial charge in [0.25, 0.3) is 0 Å². The molecule has 1 saturated heterocycles. The van der Waals surface area contributed by atoms with Gasteiger partial charge in [-0.3, -0.25) is 0 Å². The van der Waals surface area contributed by atoms with Crippen LogP contribution < -0.4 is 0 Å². The highest BCUT2D eigenvalue weighted by Crippen LogP contribution is 2.31. The Morgan fingerprint density at radius 1 is 1.77 bits per heavy atom. The molecule has 0 amide bonds. The summed E-state index contributed by atoms with van der Waals surface area (Å²) < 4.78 is 5.32. The van der Waals surface area contributed by atoms with E-state index in [0.29, 0.717) is 12.3 Å². The molecule has 3 nitrogen and oxygen atoms in total. The van der Waals surface area contributed by atoms with Crippen LogP contribution in [0.25, 0.3) is 0 Å². The summed E-state index contributed by atoms with van der Waals surface area (Å²) in [6.07, 6.45) is 3.95. The van der Waals surface area contributed by atoms with Crippen LogP contribution in [0.4, 0.5) is 0 Å². The fourth-order valence-corrected chi connectivity index (χ4v) is 2.63. The molecule has 0 saturated carbocycles. The van der Waals surface area contributed by atoms with Gasteiger partial charge in [-0.15, -0.1) is 0 Å². The van der Waals surface area contributed by atoms with Gasteiger partial charge in [-0.2, -0.15) is 11.8 Å². The second-order valence-corrected chi connectivity index (χ2v) is 4.26. The number of thioether (sulfide) groups is 1. The molecular formula is C9H11NO2S. The molecule has 4 heteroatoms. The number of carbonyl (C=O) groups is 1. The monoisotopic (exact) mass is 197 g/mol. The maximum Gasteiger partial charge on any atom is 0.198 e. The van der Waals surface area contributed by atoms with Crippen LogP contribution >= 0.6 is 11.8 Å². The Balaban J connectivity index is 2.07. The number of hydrogen-bond donors (Lipinski definition) is 0. The second-order valence-electron chi connectivity index (χ2n) is 3.11. The number of nitrogens with zero attached hydrogens (tertiary/aromatic N) is 1. The average Bonchev–Trinajstić information content (AvgIpc) is 2.70. The minimum absolute atomic E-state index is 0.364. The maximum absolute atomic E-state index is 10.2. The maximum atomic E-state index is 10.2. The highest BCUT2D eigenvalue weighted by molar-refractivity contribution is 7.99. The Bertz CT molecular complexity index is 292. The van der Waals surface area contributed by atoms with Gasteiger partial charge in [0.2, 0.25) is 0 Å². The number of oxazole rings is 1. The molecule has 1 aliphatic rings. The SMILES string of the molecule is O=CCc1coc(C2CCSC2)n1. The summed E-state index contributed by atoms with van der Waals surface area (Å²) in [5.41, 5.74) is 0.752.